The van der Waals surface area contributed by atoms with E-state index in [9.17, 15) is 0 Å². The molecule has 0 atom stereocenters. The summed E-state index contributed by atoms with van der Waals surface area (Å²) in [6.07, 6.45) is 0. The van der Waals surface area contributed by atoms with E-state index in [2.05, 4.69) is 64.1 Å². The van der Waals surface area contributed by atoms with Crippen molar-refractivity contribution in [3.05, 3.63) is 65.7 Å². The molecule has 0 N–H and O–H groups in total. The van der Waals surface area contributed by atoms with Gasteiger partial charge in [-0.2, -0.15) is 0 Å². The van der Waals surface area contributed by atoms with Gasteiger partial charge in [-0.3, -0.25) is 0 Å². The summed E-state index contributed by atoms with van der Waals surface area (Å²) in [5, 5.41) is 0. The third-order valence-electron chi connectivity index (χ3n) is 3.25. The molecule has 0 heterocycles. The van der Waals surface area contributed by atoms with Crippen LogP contribution in [0, 0.1) is 0 Å². The number of methoxy groups -OCH3 is 1. The second-order valence-electron chi connectivity index (χ2n) is 5.49. The molecule has 0 saturated heterocycles. The summed E-state index contributed by atoms with van der Waals surface area (Å²) in [5.74, 6) is 2.18. The Kier molecular flexibility index (Phi) is 6.86. The Labute approximate surface area is 123 Å². The largest absolute Gasteiger partial charge is 0.497 e. The fraction of sp³-hybridized carbons (Fsp3) is 0.368. The molecule has 20 heavy (non-hydrogen) atoms. The van der Waals surface area contributed by atoms with Crippen LogP contribution in [0.1, 0.15) is 50.7 Å². The summed E-state index contributed by atoms with van der Waals surface area (Å²) in [6, 6.07) is 18.7. The van der Waals surface area contributed by atoms with Gasteiger partial charge in [0, 0.05) is 0 Å². The second kappa shape index (κ2) is 8.42. The highest BCUT2D eigenvalue weighted by atomic mass is 16.5. The maximum absolute atomic E-state index is 5.05. The predicted molar refractivity (Wildman–Crippen MR) is 87.6 cm³/mol. The normalized spacial score (nSPS) is 10.2. The van der Waals surface area contributed by atoms with Gasteiger partial charge < -0.3 is 4.74 Å². The Bertz CT molecular complexity index is 469. The number of ether oxygens (including phenoxy) is 1. The zero-order chi connectivity index (χ0) is 15.0. The van der Waals surface area contributed by atoms with Crippen molar-refractivity contribution in [3.8, 4) is 5.75 Å². The fourth-order valence-corrected chi connectivity index (χ4v) is 1.83. The van der Waals surface area contributed by atoms with Gasteiger partial charge in [-0.15, -0.1) is 0 Å². The summed E-state index contributed by atoms with van der Waals surface area (Å²) in [4.78, 5) is 0. The number of hydrogen-bond donors (Lipinski definition) is 0. The van der Waals surface area contributed by atoms with Gasteiger partial charge in [0.2, 0.25) is 0 Å². The van der Waals surface area contributed by atoms with Gasteiger partial charge in [0.05, 0.1) is 7.11 Å². The lowest BCUT2D eigenvalue weighted by Crippen LogP contribution is -1.87. The lowest BCUT2D eigenvalue weighted by molar-refractivity contribution is 0.414. The van der Waals surface area contributed by atoms with Crippen molar-refractivity contribution in [2.45, 2.75) is 39.5 Å². The van der Waals surface area contributed by atoms with Crippen LogP contribution in [0.2, 0.25) is 0 Å². The first-order valence-corrected chi connectivity index (χ1v) is 7.23. The van der Waals surface area contributed by atoms with Crippen LogP contribution in [0.3, 0.4) is 0 Å². The highest BCUT2D eigenvalue weighted by Gasteiger charge is 1.97. The summed E-state index contributed by atoms with van der Waals surface area (Å²) >= 11 is 0. The van der Waals surface area contributed by atoms with Gasteiger partial charge in [-0.1, -0.05) is 70.2 Å². The monoisotopic (exact) mass is 270 g/mol. The van der Waals surface area contributed by atoms with Crippen LogP contribution in [-0.4, -0.2) is 7.11 Å². The molecule has 2 rings (SSSR count). The van der Waals surface area contributed by atoms with Crippen molar-refractivity contribution in [2.75, 3.05) is 7.11 Å². The van der Waals surface area contributed by atoms with Crippen molar-refractivity contribution in [3.63, 3.8) is 0 Å². The molecular formula is C19H26O. The van der Waals surface area contributed by atoms with Crippen LogP contribution in [0.5, 0.6) is 5.75 Å². The molecule has 0 saturated carbocycles. The van der Waals surface area contributed by atoms with Gasteiger partial charge in [-0.25, -0.2) is 0 Å². The molecule has 0 aromatic heterocycles. The van der Waals surface area contributed by atoms with Gasteiger partial charge in [-0.05, 0) is 35.1 Å². The first kappa shape index (κ1) is 16.3. The van der Waals surface area contributed by atoms with Crippen molar-refractivity contribution < 1.29 is 4.74 Å². The zero-order valence-corrected chi connectivity index (χ0v) is 13.3. The van der Waals surface area contributed by atoms with Crippen molar-refractivity contribution in [1.82, 2.24) is 0 Å². The molecule has 0 aliphatic carbocycles. The van der Waals surface area contributed by atoms with Gasteiger partial charge in [0.25, 0.3) is 0 Å². The zero-order valence-electron chi connectivity index (χ0n) is 13.3. The molecule has 1 nitrogen and oxygen atoms in total. The average molecular weight is 270 g/mol. The molecule has 108 valence electrons. The average Bonchev–Trinajstić information content (AvgIpc) is 2.49. The third kappa shape index (κ3) is 5.48. The first-order chi connectivity index (χ1) is 9.54. The molecule has 2 aromatic carbocycles. The van der Waals surface area contributed by atoms with E-state index in [0.717, 1.165) is 5.75 Å². The van der Waals surface area contributed by atoms with E-state index in [-0.39, 0.29) is 0 Å². The molecule has 0 unspecified atom stereocenters. The molecule has 0 amide bonds. The number of benzene rings is 2. The van der Waals surface area contributed by atoms with Crippen molar-refractivity contribution in [2.24, 2.45) is 0 Å². The first-order valence-electron chi connectivity index (χ1n) is 7.23. The summed E-state index contributed by atoms with van der Waals surface area (Å²) in [6.45, 7) is 8.77. The predicted octanol–water partition coefficient (Wildman–Crippen LogP) is 5.63. The van der Waals surface area contributed by atoms with Crippen LogP contribution >= 0.6 is 0 Å². The minimum Gasteiger partial charge on any atom is -0.497 e. The smallest absolute Gasteiger partial charge is 0.118 e. The lowest BCUT2D eigenvalue weighted by atomic mass is 10.0. The maximum atomic E-state index is 5.05. The summed E-state index contributed by atoms with van der Waals surface area (Å²) < 4.78 is 5.05. The maximum Gasteiger partial charge on any atom is 0.118 e. The van der Waals surface area contributed by atoms with Crippen LogP contribution in [0.15, 0.2) is 54.6 Å². The number of rotatable bonds is 3. The van der Waals surface area contributed by atoms with E-state index >= 15 is 0 Å². The topological polar surface area (TPSA) is 9.23 Å². The number of hydrogen-bond acceptors (Lipinski definition) is 1. The van der Waals surface area contributed by atoms with Crippen LogP contribution in [0.4, 0.5) is 0 Å². The van der Waals surface area contributed by atoms with Gasteiger partial charge >= 0.3 is 0 Å². The summed E-state index contributed by atoms with van der Waals surface area (Å²) in [7, 11) is 1.68. The van der Waals surface area contributed by atoms with Crippen LogP contribution in [-0.2, 0) is 0 Å². The van der Waals surface area contributed by atoms with E-state index in [1.54, 1.807) is 7.11 Å². The minimum absolute atomic E-state index is 0.598. The highest BCUT2D eigenvalue weighted by molar-refractivity contribution is 5.28. The molecule has 2 aromatic rings. The molecule has 0 aliphatic rings. The van der Waals surface area contributed by atoms with E-state index in [0.29, 0.717) is 11.8 Å². The highest BCUT2D eigenvalue weighted by Crippen LogP contribution is 2.17. The second-order valence-corrected chi connectivity index (χ2v) is 5.49. The molecule has 0 aliphatic heterocycles. The Morgan fingerprint density at radius 2 is 1.10 bits per heavy atom. The quantitative estimate of drug-likeness (QED) is 0.702. The van der Waals surface area contributed by atoms with E-state index < -0.39 is 0 Å². The Morgan fingerprint density at radius 1 is 0.650 bits per heavy atom. The van der Waals surface area contributed by atoms with E-state index in [4.69, 9.17) is 4.74 Å². The van der Waals surface area contributed by atoms with E-state index in [1.165, 1.54) is 11.1 Å². The standard InChI is InChI=1S/C10H14O.C9H12/c1-8(2)9-4-6-10(11-3)7-5-9;1-8(2)9-6-4-3-5-7-9/h4-8H,1-3H3;3-8H,1-2H3. The SMILES string of the molecule is CC(C)c1ccccc1.COc1ccc(C(C)C)cc1. The molecule has 0 spiro atoms. The lowest BCUT2D eigenvalue weighted by Gasteiger charge is -2.05. The Balaban J connectivity index is 0.000000204. The van der Waals surface area contributed by atoms with Crippen LogP contribution < -0.4 is 4.74 Å². The Morgan fingerprint density at radius 3 is 1.45 bits per heavy atom. The van der Waals surface area contributed by atoms with Gasteiger partial charge in [0.15, 0.2) is 0 Å². The fourth-order valence-electron chi connectivity index (χ4n) is 1.83. The summed E-state index contributed by atoms with van der Waals surface area (Å²) in [5.41, 5.74) is 2.77. The molecule has 0 bridgehead atoms. The van der Waals surface area contributed by atoms with Crippen LogP contribution in [0.25, 0.3) is 0 Å². The van der Waals surface area contributed by atoms with Crippen molar-refractivity contribution in [1.29, 1.82) is 0 Å². The molecule has 0 fully saturated rings. The molecule has 0 radical (unpaired) electrons. The molecule has 1 heteroatoms. The van der Waals surface area contributed by atoms with Crippen molar-refractivity contribution >= 4 is 0 Å². The van der Waals surface area contributed by atoms with Gasteiger partial charge in [0.1, 0.15) is 5.75 Å². The minimum atomic E-state index is 0.598. The molecular weight excluding hydrogens is 244 g/mol. The van der Waals surface area contributed by atoms with E-state index in [1.807, 2.05) is 18.2 Å². The third-order valence-corrected chi connectivity index (χ3v) is 3.25. The Hall–Kier alpha value is -1.76.